The van der Waals surface area contributed by atoms with Gasteiger partial charge in [0.25, 0.3) is 6.67 Å². The van der Waals surface area contributed by atoms with Gasteiger partial charge in [-0.1, -0.05) is 6.92 Å². The van der Waals surface area contributed by atoms with Crippen molar-refractivity contribution in [3.05, 3.63) is 11.4 Å². The Labute approximate surface area is 44.6 Å². The van der Waals surface area contributed by atoms with E-state index >= 15 is 0 Å². The third-order valence-corrected chi connectivity index (χ3v) is 0.852. The zero-order chi connectivity index (χ0) is 5.70. The van der Waals surface area contributed by atoms with Crippen molar-refractivity contribution in [2.45, 2.75) is 6.92 Å². The summed E-state index contributed by atoms with van der Waals surface area (Å²) in [6, 6.07) is 0. The smallest absolute Gasteiger partial charge is 0.270 e. The van der Waals surface area contributed by atoms with Crippen LogP contribution in [-0.2, 0) is 0 Å². The first-order chi connectivity index (χ1) is 3.31. The average molecular weight is 98.1 g/mol. The van der Waals surface area contributed by atoms with Crippen molar-refractivity contribution in [2.75, 3.05) is 20.3 Å². The lowest BCUT2D eigenvalue weighted by Gasteiger charge is -2.01. The topological polar surface area (TPSA) is 7.60 Å². The third-order valence-electron chi connectivity index (χ3n) is 0.852. The minimum atomic E-state index is 0.524. The number of hydrogen-bond donors (Lipinski definition) is 0. The average Bonchev–Trinajstić information content (AvgIpc) is 1.68. The SMILES string of the molecule is [C-]#[N+]CN(C)CC. The van der Waals surface area contributed by atoms with Crippen molar-refractivity contribution in [3.63, 3.8) is 0 Å². The zero-order valence-electron chi connectivity index (χ0n) is 4.81. The molecule has 0 aliphatic rings. The summed E-state index contributed by atoms with van der Waals surface area (Å²) in [6.45, 7) is 9.94. The van der Waals surface area contributed by atoms with Gasteiger partial charge in [0, 0.05) is 6.54 Å². The first-order valence-electron chi connectivity index (χ1n) is 2.33. The van der Waals surface area contributed by atoms with Crippen molar-refractivity contribution in [3.8, 4) is 0 Å². The van der Waals surface area contributed by atoms with Crippen LogP contribution in [0.1, 0.15) is 6.92 Å². The van der Waals surface area contributed by atoms with Crippen LogP contribution in [0.4, 0.5) is 0 Å². The van der Waals surface area contributed by atoms with Crippen LogP contribution in [0, 0.1) is 6.57 Å². The molecule has 0 fully saturated rings. The standard InChI is InChI=1S/C5H10N2/c1-4-7(3)5-6-2/h4-5H2,1,3H3. The maximum absolute atomic E-state index is 6.42. The van der Waals surface area contributed by atoms with Crippen molar-refractivity contribution in [1.29, 1.82) is 0 Å². The van der Waals surface area contributed by atoms with E-state index in [1.807, 2.05) is 18.9 Å². The van der Waals surface area contributed by atoms with E-state index < -0.39 is 0 Å². The summed E-state index contributed by atoms with van der Waals surface area (Å²) >= 11 is 0. The van der Waals surface area contributed by atoms with Crippen LogP contribution < -0.4 is 0 Å². The molecule has 0 saturated heterocycles. The van der Waals surface area contributed by atoms with E-state index in [2.05, 4.69) is 4.85 Å². The zero-order valence-corrected chi connectivity index (χ0v) is 4.81. The molecule has 0 bridgehead atoms. The van der Waals surface area contributed by atoms with Crippen molar-refractivity contribution in [2.24, 2.45) is 0 Å². The van der Waals surface area contributed by atoms with Gasteiger partial charge in [-0.3, -0.25) is 4.85 Å². The molecule has 0 amide bonds. The molecule has 0 radical (unpaired) electrons. The van der Waals surface area contributed by atoms with Gasteiger partial charge >= 0.3 is 0 Å². The first-order valence-corrected chi connectivity index (χ1v) is 2.33. The van der Waals surface area contributed by atoms with Gasteiger partial charge in [-0.2, -0.15) is 0 Å². The number of hydrogen-bond acceptors (Lipinski definition) is 1. The molecule has 0 heterocycles. The minimum Gasteiger partial charge on any atom is -0.299 e. The molecule has 0 aliphatic carbocycles. The van der Waals surface area contributed by atoms with Gasteiger partial charge in [-0.25, -0.2) is 11.5 Å². The molecule has 0 unspecified atom stereocenters. The predicted molar refractivity (Wildman–Crippen MR) is 29.8 cm³/mol. The van der Waals surface area contributed by atoms with E-state index in [9.17, 15) is 0 Å². The molecular formula is C5H10N2. The van der Waals surface area contributed by atoms with E-state index in [-0.39, 0.29) is 0 Å². The Balaban J connectivity index is 3.03. The van der Waals surface area contributed by atoms with Gasteiger partial charge in [-0.15, -0.1) is 0 Å². The maximum atomic E-state index is 6.42. The van der Waals surface area contributed by atoms with Gasteiger partial charge < -0.3 is 0 Å². The summed E-state index contributed by atoms with van der Waals surface area (Å²) in [6.07, 6.45) is 0. The van der Waals surface area contributed by atoms with Gasteiger partial charge in [0.1, 0.15) is 0 Å². The van der Waals surface area contributed by atoms with Crippen molar-refractivity contribution >= 4 is 0 Å². The lowest BCUT2D eigenvalue weighted by atomic mass is 10.7. The molecule has 40 valence electrons. The van der Waals surface area contributed by atoms with Crippen LogP contribution in [0.25, 0.3) is 4.85 Å². The van der Waals surface area contributed by atoms with Gasteiger partial charge in [-0.05, 0) is 7.05 Å². The molecule has 0 spiro atoms. The highest BCUT2D eigenvalue weighted by Gasteiger charge is 1.90. The Morgan fingerprint density at radius 1 is 1.71 bits per heavy atom. The Morgan fingerprint density at radius 2 is 2.29 bits per heavy atom. The number of rotatable bonds is 2. The molecule has 0 atom stereocenters. The highest BCUT2D eigenvalue weighted by atomic mass is 15.1. The fourth-order valence-corrected chi connectivity index (χ4v) is 0.221. The second kappa shape index (κ2) is 3.63. The third kappa shape index (κ3) is 3.28. The van der Waals surface area contributed by atoms with Crippen LogP contribution in [0.3, 0.4) is 0 Å². The van der Waals surface area contributed by atoms with E-state index in [4.69, 9.17) is 6.57 Å². The molecule has 0 aliphatic heterocycles. The minimum absolute atomic E-state index is 0.524. The van der Waals surface area contributed by atoms with Gasteiger partial charge in [0.2, 0.25) is 0 Å². The molecule has 0 N–H and O–H groups in total. The van der Waals surface area contributed by atoms with E-state index in [1.54, 1.807) is 0 Å². The summed E-state index contributed by atoms with van der Waals surface area (Å²) in [5.41, 5.74) is 0. The number of nitrogens with zero attached hydrogens (tertiary/aromatic N) is 2. The summed E-state index contributed by atoms with van der Waals surface area (Å²) in [7, 11) is 1.93. The summed E-state index contributed by atoms with van der Waals surface area (Å²) in [4.78, 5) is 5.13. The summed E-state index contributed by atoms with van der Waals surface area (Å²) in [5.74, 6) is 0. The molecule has 7 heavy (non-hydrogen) atoms. The predicted octanol–water partition coefficient (Wildman–Crippen LogP) is 0.815. The Morgan fingerprint density at radius 3 is 2.43 bits per heavy atom. The fourth-order valence-electron chi connectivity index (χ4n) is 0.221. The molecule has 0 aromatic carbocycles. The summed E-state index contributed by atoms with van der Waals surface area (Å²) < 4.78 is 0. The molecule has 2 nitrogen and oxygen atoms in total. The van der Waals surface area contributed by atoms with Crippen LogP contribution in [0.5, 0.6) is 0 Å². The molecule has 0 saturated carbocycles. The second-order valence-corrected chi connectivity index (χ2v) is 1.47. The Bertz CT molecular complexity index is 72.6. The van der Waals surface area contributed by atoms with E-state index in [0.717, 1.165) is 6.54 Å². The lowest BCUT2D eigenvalue weighted by molar-refractivity contribution is 0.391. The molecule has 0 aromatic rings. The fraction of sp³-hybridized carbons (Fsp3) is 0.800. The summed E-state index contributed by atoms with van der Waals surface area (Å²) in [5, 5.41) is 0. The van der Waals surface area contributed by atoms with Crippen LogP contribution in [0.2, 0.25) is 0 Å². The van der Waals surface area contributed by atoms with Gasteiger partial charge in [0.15, 0.2) is 0 Å². The van der Waals surface area contributed by atoms with Gasteiger partial charge in [0.05, 0.1) is 0 Å². The van der Waals surface area contributed by atoms with Crippen LogP contribution in [-0.4, -0.2) is 25.2 Å². The molecule has 2 heteroatoms. The molecule has 0 rings (SSSR count). The monoisotopic (exact) mass is 98.1 g/mol. The maximum Gasteiger partial charge on any atom is 0.270 e. The highest BCUT2D eigenvalue weighted by Crippen LogP contribution is 1.77. The quantitative estimate of drug-likeness (QED) is 0.464. The van der Waals surface area contributed by atoms with E-state index in [0.29, 0.717) is 6.67 Å². The Hall–Kier alpha value is -0.550. The Kier molecular flexibility index (Phi) is 3.35. The van der Waals surface area contributed by atoms with Crippen molar-refractivity contribution in [1.82, 2.24) is 4.90 Å². The first kappa shape index (κ1) is 6.45. The molecular weight excluding hydrogens is 88.1 g/mol. The second-order valence-electron chi connectivity index (χ2n) is 1.47. The molecule has 0 aromatic heterocycles. The normalized spacial score (nSPS) is 8.86. The van der Waals surface area contributed by atoms with Crippen LogP contribution in [0.15, 0.2) is 0 Å². The van der Waals surface area contributed by atoms with E-state index in [1.165, 1.54) is 0 Å². The van der Waals surface area contributed by atoms with Crippen molar-refractivity contribution < 1.29 is 0 Å². The highest BCUT2D eigenvalue weighted by molar-refractivity contribution is 4.55. The largest absolute Gasteiger partial charge is 0.299 e. The lowest BCUT2D eigenvalue weighted by Crippen LogP contribution is -2.15. The van der Waals surface area contributed by atoms with Crippen LogP contribution >= 0.6 is 0 Å².